The third kappa shape index (κ3) is 4.35. The van der Waals surface area contributed by atoms with Crippen LogP contribution in [0.25, 0.3) is 33.4 Å². The Labute approximate surface area is 237 Å². The highest BCUT2D eigenvalue weighted by Crippen LogP contribution is 2.57. The van der Waals surface area contributed by atoms with Crippen molar-refractivity contribution in [3.8, 4) is 33.4 Å². The fourth-order valence-corrected chi connectivity index (χ4v) is 6.68. The van der Waals surface area contributed by atoms with Gasteiger partial charge in [0, 0.05) is 5.41 Å². The first-order valence-electron chi connectivity index (χ1n) is 13.8. The van der Waals surface area contributed by atoms with Crippen LogP contribution in [0, 0.1) is 0 Å². The maximum absolute atomic E-state index is 2.38. The molecule has 0 spiro atoms. The average molecular weight is 516 g/mol. The lowest BCUT2D eigenvalue weighted by molar-refractivity contribution is 0.521. The minimum atomic E-state index is -0.218. The molecule has 40 heavy (non-hydrogen) atoms. The summed E-state index contributed by atoms with van der Waals surface area (Å²) in [6.45, 7) is 0. The van der Waals surface area contributed by atoms with E-state index < -0.39 is 0 Å². The van der Waals surface area contributed by atoms with Gasteiger partial charge in [-0.05, 0) is 68.5 Å². The van der Waals surface area contributed by atoms with Crippen LogP contribution in [-0.2, 0) is 18.3 Å². The molecule has 0 fully saturated rings. The summed E-state index contributed by atoms with van der Waals surface area (Å²) in [5.41, 5.74) is 13.3. The second kappa shape index (κ2) is 10.8. The van der Waals surface area contributed by atoms with Gasteiger partial charge in [-0.1, -0.05) is 158 Å². The van der Waals surface area contributed by atoms with E-state index in [9.17, 15) is 0 Å². The summed E-state index contributed by atoms with van der Waals surface area (Å²) < 4.78 is 0. The van der Waals surface area contributed by atoms with Crippen LogP contribution in [0.5, 0.6) is 0 Å². The molecule has 194 valence electrons. The van der Waals surface area contributed by atoms with Gasteiger partial charge in [-0.15, -0.1) is 0 Å². The minimum absolute atomic E-state index is 0. The highest BCUT2D eigenvalue weighted by Gasteiger charge is 2.45. The molecule has 0 saturated heterocycles. The summed E-state index contributed by atoms with van der Waals surface area (Å²) in [6, 6.07) is 57.8. The van der Waals surface area contributed by atoms with Crippen molar-refractivity contribution < 1.29 is 0 Å². The Hall–Kier alpha value is -4.72. The maximum atomic E-state index is 2.38. The zero-order valence-corrected chi connectivity index (χ0v) is 22.6. The van der Waals surface area contributed by atoms with E-state index in [1.165, 1.54) is 55.6 Å². The molecule has 0 heterocycles. The molecule has 0 amide bonds. The third-order valence-electron chi connectivity index (χ3n) is 8.26. The van der Waals surface area contributed by atoms with Crippen molar-refractivity contribution >= 4 is 0 Å². The van der Waals surface area contributed by atoms with Crippen molar-refractivity contribution in [2.24, 2.45) is 0 Å². The lowest BCUT2D eigenvalue weighted by atomic mass is 9.67. The fraction of sp³-hybridized carbons (Fsp3) is 0.0769. The predicted molar refractivity (Wildman–Crippen MR) is 169 cm³/mol. The summed E-state index contributed by atoms with van der Waals surface area (Å²) >= 11 is 0. The van der Waals surface area contributed by atoms with Gasteiger partial charge in [-0.25, -0.2) is 0 Å². The van der Waals surface area contributed by atoms with Gasteiger partial charge in [0.1, 0.15) is 0 Å². The Bertz CT molecular complexity index is 1680. The molecule has 7 rings (SSSR count). The molecule has 0 radical (unpaired) electrons. The van der Waals surface area contributed by atoms with Crippen LogP contribution in [0.15, 0.2) is 158 Å². The lowest BCUT2D eigenvalue weighted by Gasteiger charge is -2.35. The first-order chi connectivity index (χ1) is 19.3. The molecule has 1 heteroatoms. The summed E-state index contributed by atoms with van der Waals surface area (Å²) in [4.78, 5) is 0. The van der Waals surface area contributed by atoms with Crippen molar-refractivity contribution in [3.63, 3.8) is 0 Å². The van der Waals surface area contributed by atoms with Gasteiger partial charge < -0.3 is 6.15 Å². The molecule has 1 nitrogen and oxygen atoms in total. The van der Waals surface area contributed by atoms with E-state index >= 15 is 0 Å². The fourth-order valence-electron chi connectivity index (χ4n) is 6.68. The number of fused-ring (bicyclic) bond motifs is 3. The summed E-state index contributed by atoms with van der Waals surface area (Å²) in [5.74, 6) is 0. The third-order valence-corrected chi connectivity index (χ3v) is 8.26. The van der Waals surface area contributed by atoms with Crippen LogP contribution in [0.3, 0.4) is 0 Å². The second-order valence-corrected chi connectivity index (χ2v) is 10.6. The van der Waals surface area contributed by atoms with E-state index in [1.54, 1.807) is 0 Å². The summed E-state index contributed by atoms with van der Waals surface area (Å²) in [7, 11) is 0. The van der Waals surface area contributed by atoms with Gasteiger partial charge in [0.2, 0.25) is 0 Å². The van der Waals surface area contributed by atoms with Gasteiger partial charge in [-0.3, -0.25) is 0 Å². The maximum Gasteiger partial charge on any atom is 0.0302 e. The van der Waals surface area contributed by atoms with Crippen LogP contribution >= 0.6 is 0 Å². The van der Waals surface area contributed by atoms with Crippen LogP contribution in [0.2, 0.25) is 0 Å². The Morgan fingerprint density at radius 2 is 0.825 bits per heavy atom. The van der Waals surface area contributed by atoms with Crippen molar-refractivity contribution in [2.45, 2.75) is 18.3 Å². The van der Waals surface area contributed by atoms with Crippen LogP contribution in [0.4, 0.5) is 0 Å². The van der Waals surface area contributed by atoms with E-state index in [2.05, 4.69) is 158 Å². The first-order valence-corrected chi connectivity index (χ1v) is 13.8. The number of hydrogen-bond acceptors (Lipinski definition) is 1. The standard InChI is InChI=1S/C39H30.H3N/c1-5-15-29(16-6-1)27-39(28-30-17-7-2-8-18-30)36-24-14-13-23-34(36)35-26-25-33(31-19-9-3-10-20-31)37(38(35)39)32-21-11-4-12-22-32;/h1-26H,27-28H2;1H3. The van der Waals surface area contributed by atoms with Crippen LogP contribution < -0.4 is 6.15 Å². The van der Waals surface area contributed by atoms with Gasteiger partial charge in [0.25, 0.3) is 0 Å². The lowest BCUT2D eigenvalue weighted by Crippen LogP contribution is -2.32. The molecule has 0 aromatic heterocycles. The normalized spacial score (nSPS) is 12.7. The van der Waals surface area contributed by atoms with Crippen molar-refractivity contribution in [2.75, 3.05) is 0 Å². The first kappa shape index (κ1) is 25.6. The molecule has 6 aromatic carbocycles. The molecule has 0 saturated carbocycles. The van der Waals surface area contributed by atoms with Crippen LogP contribution in [0.1, 0.15) is 22.3 Å². The zero-order chi connectivity index (χ0) is 26.1. The van der Waals surface area contributed by atoms with E-state index in [0.29, 0.717) is 0 Å². The van der Waals surface area contributed by atoms with Crippen molar-refractivity contribution in [1.29, 1.82) is 0 Å². The molecule has 3 N–H and O–H groups in total. The highest BCUT2D eigenvalue weighted by molar-refractivity contribution is 5.96. The van der Waals surface area contributed by atoms with Gasteiger partial charge >= 0.3 is 0 Å². The monoisotopic (exact) mass is 515 g/mol. The number of hydrogen-bond donors (Lipinski definition) is 1. The Kier molecular flexibility index (Phi) is 6.90. The quantitative estimate of drug-likeness (QED) is 0.235. The molecular formula is C39H33N. The molecular weight excluding hydrogens is 482 g/mol. The molecule has 6 aromatic rings. The smallest absolute Gasteiger partial charge is 0.0302 e. The Balaban J connectivity index is 0.00000289. The van der Waals surface area contributed by atoms with Gasteiger partial charge in [0.05, 0.1) is 0 Å². The largest absolute Gasteiger partial charge is 0.344 e. The topological polar surface area (TPSA) is 35.0 Å². The Morgan fingerprint density at radius 1 is 0.375 bits per heavy atom. The SMILES string of the molecule is N.c1ccc(CC2(Cc3ccccc3)c3ccccc3-c3ccc(-c4ccccc4)c(-c4ccccc4)c32)cc1. The van der Waals surface area contributed by atoms with Gasteiger partial charge in [-0.2, -0.15) is 0 Å². The molecule has 0 bridgehead atoms. The number of rotatable bonds is 6. The van der Waals surface area contributed by atoms with E-state index in [0.717, 1.165) is 12.8 Å². The van der Waals surface area contributed by atoms with Crippen molar-refractivity contribution in [1.82, 2.24) is 6.15 Å². The van der Waals surface area contributed by atoms with Gasteiger partial charge in [0.15, 0.2) is 0 Å². The Morgan fingerprint density at radius 3 is 1.40 bits per heavy atom. The molecule has 1 aliphatic rings. The average Bonchev–Trinajstić information content (AvgIpc) is 3.28. The molecule has 0 unspecified atom stereocenters. The zero-order valence-electron chi connectivity index (χ0n) is 22.6. The van der Waals surface area contributed by atoms with Crippen LogP contribution in [-0.4, -0.2) is 0 Å². The molecule has 1 aliphatic carbocycles. The highest BCUT2D eigenvalue weighted by atomic mass is 14.5. The van der Waals surface area contributed by atoms with E-state index in [-0.39, 0.29) is 11.6 Å². The minimum Gasteiger partial charge on any atom is -0.344 e. The van der Waals surface area contributed by atoms with E-state index in [1.807, 2.05) is 0 Å². The molecule has 0 aliphatic heterocycles. The van der Waals surface area contributed by atoms with E-state index in [4.69, 9.17) is 0 Å². The predicted octanol–water partition coefficient (Wildman–Crippen LogP) is 9.93. The van der Waals surface area contributed by atoms with Crippen molar-refractivity contribution in [3.05, 3.63) is 180 Å². The summed E-state index contributed by atoms with van der Waals surface area (Å²) in [5, 5.41) is 0. The second-order valence-electron chi connectivity index (χ2n) is 10.6. The summed E-state index contributed by atoms with van der Waals surface area (Å²) in [6.07, 6.45) is 1.87. The number of benzene rings is 6. The molecule has 0 atom stereocenters.